The summed E-state index contributed by atoms with van der Waals surface area (Å²) in [6.45, 7) is 6.53. The van der Waals surface area contributed by atoms with E-state index in [0.29, 0.717) is 60.8 Å². The molecule has 2 unspecified atom stereocenters. The Hall–Kier alpha value is -5.35. The van der Waals surface area contributed by atoms with Crippen LogP contribution in [0.1, 0.15) is 51.0 Å². The normalized spacial score (nSPS) is 16.3. The first-order chi connectivity index (χ1) is 27.2. The molecule has 2 aromatic heterocycles. The molecule has 6 aromatic rings. The van der Waals surface area contributed by atoms with Gasteiger partial charge in [0.1, 0.15) is 24.8 Å². The third-order valence-electron chi connectivity index (χ3n) is 10.8. The van der Waals surface area contributed by atoms with Gasteiger partial charge in [-0.15, -0.1) is 0 Å². The second-order valence-electron chi connectivity index (χ2n) is 14.5. The zero-order chi connectivity index (χ0) is 38.8. The van der Waals surface area contributed by atoms with Gasteiger partial charge in [0.05, 0.1) is 22.6 Å². The molecule has 0 radical (unpaired) electrons. The first kappa shape index (κ1) is 37.6. The molecule has 9 nitrogen and oxygen atoms in total. The van der Waals surface area contributed by atoms with Gasteiger partial charge < -0.3 is 24.1 Å². The first-order valence-electron chi connectivity index (χ1n) is 18.8. The lowest BCUT2D eigenvalue weighted by atomic mass is 9.92. The van der Waals surface area contributed by atoms with Gasteiger partial charge in [-0.1, -0.05) is 65.7 Å². The van der Waals surface area contributed by atoms with Crippen molar-refractivity contribution in [3.8, 4) is 28.4 Å². The topological polar surface area (TPSA) is 90.7 Å². The van der Waals surface area contributed by atoms with E-state index in [4.69, 9.17) is 37.4 Å². The summed E-state index contributed by atoms with van der Waals surface area (Å²) in [5, 5.41) is 4.26. The molecule has 1 amide bonds. The molecule has 2 aliphatic heterocycles. The summed E-state index contributed by atoms with van der Waals surface area (Å²) in [6, 6.07) is 27.7. The van der Waals surface area contributed by atoms with Crippen LogP contribution in [0.15, 0.2) is 104 Å². The molecule has 8 rings (SSSR count). The molecular formula is C45H43Cl2N5O4. The summed E-state index contributed by atoms with van der Waals surface area (Å²) in [5.74, 6) is 3.02. The fraction of sp³-hybridized carbons (Fsp3) is 0.267. The highest BCUT2D eigenvalue weighted by Crippen LogP contribution is 2.41. The van der Waals surface area contributed by atoms with Crippen molar-refractivity contribution in [3.05, 3.63) is 158 Å². The standard InChI is InChI=1S/C45H43Cl2N5O4/c1-28-29(2)48-17-15-37(28)32-7-4-30(5-8-32)14-16-50-45(53)40-21-34-22-41-42(23-35(34)24-52(40)25-44-49-18-19-51(44)3)56-43(27-55-41)33-9-11-36(12-10-33)54-26-31-6-13-38(46)39(47)20-31/h4-13,15,17-20,22-23,40,43H,14,16,21,24-27H2,1-3H3,(H,50,53). The molecule has 286 valence electrons. The Morgan fingerprint density at radius 1 is 0.893 bits per heavy atom. The lowest BCUT2D eigenvalue weighted by molar-refractivity contribution is -0.127. The van der Waals surface area contributed by atoms with Gasteiger partial charge in [0, 0.05) is 44.4 Å². The monoisotopic (exact) mass is 787 g/mol. The number of carbonyl (C=O) groups excluding carboxylic acids is 1. The number of aromatic nitrogens is 3. The van der Waals surface area contributed by atoms with E-state index in [1.807, 2.05) is 73.4 Å². The van der Waals surface area contributed by atoms with E-state index in [1.54, 1.807) is 12.3 Å². The zero-order valence-electron chi connectivity index (χ0n) is 31.6. The largest absolute Gasteiger partial charge is 0.489 e. The number of fused-ring (bicyclic) bond motifs is 2. The minimum Gasteiger partial charge on any atom is -0.489 e. The maximum absolute atomic E-state index is 13.9. The summed E-state index contributed by atoms with van der Waals surface area (Å²) in [4.78, 5) is 25.1. The van der Waals surface area contributed by atoms with Crippen molar-refractivity contribution in [2.75, 3.05) is 13.2 Å². The van der Waals surface area contributed by atoms with Gasteiger partial charge in [-0.3, -0.25) is 14.7 Å². The number of imidazole rings is 1. The van der Waals surface area contributed by atoms with Crippen molar-refractivity contribution < 1.29 is 19.0 Å². The van der Waals surface area contributed by atoms with E-state index in [1.165, 1.54) is 16.7 Å². The van der Waals surface area contributed by atoms with E-state index in [2.05, 4.69) is 63.5 Å². The summed E-state index contributed by atoms with van der Waals surface area (Å²) in [7, 11) is 1.98. The lowest BCUT2D eigenvalue weighted by Crippen LogP contribution is -2.50. The molecule has 4 aromatic carbocycles. The van der Waals surface area contributed by atoms with Gasteiger partial charge in [-0.05, 0) is 114 Å². The van der Waals surface area contributed by atoms with Crippen molar-refractivity contribution in [1.82, 2.24) is 24.8 Å². The van der Waals surface area contributed by atoms with Crippen LogP contribution in [-0.4, -0.2) is 44.5 Å². The fourth-order valence-corrected chi connectivity index (χ4v) is 7.67. The van der Waals surface area contributed by atoms with E-state index in [-0.39, 0.29) is 18.1 Å². The Balaban J connectivity index is 0.923. The molecule has 2 aliphatic rings. The van der Waals surface area contributed by atoms with Crippen LogP contribution < -0.4 is 19.5 Å². The molecule has 4 heterocycles. The van der Waals surface area contributed by atoms with Crippen LogP contribution >= 0.6 is 23.2 Å². The molecule has 2 atom stereocenters. The van der Waals surface area contributed by atoms with Crippen LogP contribution in [0.2, 0.25) is 10.0 Å². The quantitative estimate of drug-likeness (QED) is 0.140. The molecule has 56 heavy (non-hydrogen) atoms. The maximum Gasteiger partial charge on any atom is 0.237 e. The van der Waals surface area contributed by atoms with Gasteiger partial charge in [-0.25, -0.2) is 4.98 Å². The number of ether oxygens (including phenoxy) is 3. The molecule has 11 heteroatoms. The van der Waals surface area contributed by atoms with Crippen molar-refractivity contribution in [3.63, 3.8) is 0 Å². The minimum absolute atomic E-state index is 0.00343. The SMILES string of the molecule is Cc1nccc(-c2ccc(CCNC(=O)C3Cc4cc5c(cc4CN3Cc3nccn3C)OC(c3ccc(OCc4ccc(Cl)c(Cl)c4)cc3)CO5)cc2)c1C. The number of hydrogen-bond acceptors (Lipinski definition) is 7. The van der Waals surface area contributed by atoms with Crippen molar-refractivity contribution in [1.29, 1.82) is 0 Å². The Labute approximate surface area is 337 Å². The molecule has 0 saturated heterocycles. The van der Waals surface area contributed by atoms with Gasteiger partial charge in [0.25, 0.3) is 0 Å². The molecule has 0 saturated carbocycles. The number of pyridine rings is 1. The maximum atomic E-state index is 13.9. The van der Waals surface area contributed by atoms with Crippen LogP contribution in [0.3, 0.4) is 0 Å². The number of benzene rings is 4. The Morgan fingerprint density at radius 3 is 2.45 bits per heavy atom. The Bertz CT molecular complexity index is 2360. The highest BCUT2D eigenvalue weighted by Gasteiger charge is 2.34. The van der Waals surface area contributed by atoms with E-state index in [9.17, 15) is 4.79 Å². The number of hydrogen-bond donors (Lipinski definition) is 1. The third-order valence-corrected chi connectivity index (χ3v) is 11.5. The molecule has 0 fully saturated rings. The molecule has 0 spiro atoms. The van der Waals surface area contributed by atoms with Crippen LogP contribution in [0, 0.1) is 13.8 Å². The number of nitrogens with zero attached hydrogens (tertiary/aromatic N) is 4. The summed E-state index contributed by atoms with van der Waals surface area (Å²) in [6.07, 6.45) is 6.58. The summed E-state index contributed by atoms with van der Waals surface area (Å²) >= 11 is 12.2. The van der Waals surface area contributed by atoms with Crippen molar-refractivity contribution >= 4 is 29.1 Å². The van der Waals surface area contributed by atoms with Gasteiger partial charge in [-0.2, -0.15) is 0 Å². The summed E-state index contributed by atoms with van der Waals surface area (Å²) < 4.78 is 20.8. The van der Waals surface area contributed by atoms with E-state index in [0.717, 1.165) is 51.5 Å². The smallest absolute Gasteiger partial charge is 0.237 e. The van der Waals surface area contributed by atoms with Gasteiger partial charge in [0.2, 0.25) is 5.91 Å². The number of halogens is 2. The molecule has 0 bridgehead atoms. The lowest BCUT2D eigenvalue weighted by Gasteiger charge is -2.37. The van der Waals surface area contributed by atoms with Gasteiger partial charge >= 0.3 is 0 Å². The highest BCUT2D eigenvalue weighted by atomic mass is 35.5. The second-order valence-corrected chi connectivity index (χ2v) is 15.3. The fourth-order valence-electron chi connectivity index (χ4n) is 7.35. The number of aryl methyl sites for hydroxylation is 2. The zero-order valence-corrected chi connectivity index (χ0v) is 33.1. The predicted octanol–water partition coefficient (Wildman–Crippen LogP) is 8.78. The molecule has 1 N–H and O–H groups in total. The number of nitrogens with one attached hydrogen (secondary N) is 1. The number of carbonyl (C=O) groups is 1. The average Bonchev–Trinajstić information content (AvgIpc) is 3.62. The van der Waals surface area contributed by atoms with Crippen LogP contribution in [0.25, 0.3) is 11.1 Å². The van der Waals surface area contributed by atoms with Gasteiger partial charge in [0.15, 0.2) is 17.6 Å². The third kappa shape index (κ3) is 8.26. The highest BCUT2D eigenvalue weighted by molar-refractivity contribution is 6.42. The van der Waals surface area contributed by atoms with Crippen molar-refractivity contribution in [2.45, 2.75) is 58.5 Å². The predicted molar refractivity (Wildman–Crippen MR) is 218 cm³/mol. The van der Waals surface area contributed by atoms with Crippen LogP contribution in [0.4, 0.5) is 0 Å². The van der Waals surface area contributed by atoms with Crippen LogP contribution in [0.5, 0.6) is 17.2 Å². The van der Waals surface area contributed by atoms with E-state index < -0.39 is 0 Å². The first-order valence-corrected chi connectivity index (χ1v) is 19.6. The van der Waals surface area contributed by atoms with Crippen LogP contribution in [-0.2, 0) is 44.4 Å². The average molecular weight is 789 g/mol. The molecular weight excluding hydrogens is 745 g/mol. The van der Waals surface area contributed by atoms with Crippen molar-refractivity contribution in [2.24, 2.45) is 7.05 Å². The number of rotatable bonds is 11. The Morgan fingerprint density at radius 2 is 1.68 bits per heavy atom. The molecule has 0 aliphatic carbocycles. The summed E-state index contributed by atoms with van der Waals surface area (Å²) in [5.41, 5.74) is 9.86. The Kier molecular flexibility index (Phi) is 11.0. The van der Waals surface area contributed by atoms with E-state index >= 15 is 0 Å². The second kappa shape index (κ2) is 16.4. The number of amides is 1. The minimum atomic E-state index is -0.368.